The number of para-hydroxylation sites is 1. The predicted molar refractivity (Wildman–Crippen MR) is 143 cm³/mol. The van der Waals surface area contributed by atoms with Crippen LogP contribution in [0.1, 0.15) is 0 Å². The van der Waals surface area contributed by atoms with Gasteiger partial charge >= 0.3 is 0 Å². The second-order valence-electron chi connectivity index (χ2n) is 8.66. The first-order valence-electron chi connectivity index (χ1n) is 11.6. The molecule has 0 atom stereocenters. The van der Waals surface area contributed by atoms with Crippen LogP contribution < -0.4 is 0 Å². The minimum absolute atomic E-state index is 0.217. The Kier molecular flexibility index (Phi) is 5.40. The third-order valence-corrected chi connectivity index (χ3v) is 6.42. The zero-order chi connectivity index (χ0) is 23.6. The molecule has 1 nitrogen and oxygen atoms in total. The lowest BCUT2D eigenvalue weighted by atomic mass is 9.97. The third kappa shape index (κ3) is 4.34. The average molecular weight is 452 g/mol. The van der Waals surface area contributed by atoms with Crippen molar-refractivity contribution in [1.29, 1.82) is 0 Å². The lowest BCUT2D eigenvalue weighted by molar-refractivity contribution is 0.628. The first-order valence-corrected chi connectivity index (χ1v) is 11.6. The number of hydrogen-bond acceptors (Lipinski definition) is 1. The summed E-state index contributed by atoms with van der Waals surface area (Å²) in [5.74, 6) is -0.217. The Morgan fingerprint density at radius 3 is 1.23 bits per heavy atom. The molecule has 0 aliphatic rings. The Balaban J connectivity index is 1.21. The Morgan fingerprint density at radius 1 is 0.400 bits per heavy atom. The standard InChI is InChI=1S/C33H22FN/c34-32-19-17-28(18-20-32)27-11-9-24(10-12-27)23-5-7-25(8-6-23)26-13-15-29(16-14-26)31-21-30-3-1-2-4-33(30)35-22-31/h1-22H. The normalized spacial score (nSPS) is 11.0. The number of hydrogen-bond donors (Lipinski definition) is 0. The summed E-state index contributed by atoms with van der Waals surface area (Å²) in [6, 6.07) is 42.6. The van der Waals surface area contributed by atoms with Gasteiger partial charge in [0.25, 0.3) is 0 Å². The predicted octanol–water partition coefficient (Wildman–Crippen LogP) is 9.04. The zero-order valence-electron chi connectivity index (χ0n) is 19.0. The van der Waals surface area contributed by atoms with Crippen LogP contribution in [0.5, 0.6) is 0 Å². The summed E-state index contributed by atoms with van der Waals surface area (Å²) in [7, 11) is 0. The van der Waals surface area contributed by atoms with Crippen LogP contribution in [0.3, 0.4) is 0 Å². The minimum atomic E-state index is -0.217. The smallest absolute Gasteiger partial charge is 0.123 e. The largest absolute Gasteiger partial charge is 0.256 e. The summed E-state index contributed by atoms with van der Waals surface area (Å²) in [5.41, 5.74) is 10.1. The van der Waals surface area contributed by atoms with Crippen LogP contribution in [-0.2, 0) is 0 Å². The number of benzene rings is 5. The van der Waals surface area contributed by atoms with Crippen LogP contribution in [0.4, 0.5) is 4.39 Å². The maximum atomic E-state index is 13.2. The molecule has 2 heteroatoms. The quantitative estimate of drug-likeness (QED) is 0.260. The summed E-state index contributed by atoms with van der Waals surface area (Å²) >= 11 is 0. The molecule has 166 valence electrons. The van der Waals surface area contributed by atoms with E-state index < -0.39 is 0 Å². The minimum Gasteiger partial charge on any atom is -0.256 e. The monoisotopic (exact) mass is 451 g/mol. The van der Waals surface area contributed by atoms with E-state index in [0.29, 0.717) is 0 Å². The molecule has 35 heavy (non-hydrogen) atoms. The molecule has 0 N–H and O–H groups in total. The molecule has 6 aromatic rings. The molecule has 1 heterocycles. The topological polar surface area (TPSA) is 12.9 Å². The molecule has 0 saturated heterocycles. The highest BCUT2D eigenvalue weighted by Crippen LogP contribution is 2.29. The maximum absolute atomic E-state index is 13.2. The molecule has 0 amide bonds. The van der Waals surface area contributed by atoms with E-state index in [0.717, 1.165) is 38.7 Å². The Bertz CT molecular complexity index is 1600. The van der Waals surface area contributed by atoms with Crippen LogP contribution in [0, 0.1) is 5.82 Å². The molecule has 0 saturated carbocycles. The number of halogens is 1. The first kappa shape index (κ1) is 21.0. The summed E-state index contributed by atoms with van der Waals surface area (Å²) in [5, 5.41) is 1.15. The van der Waals surface area contributed by atoms with Crippen LogP contribution in [0.25, 0.3) is 55.4 Å². The van der Waals surface area contributed by atoms with Gasteiger partial charge in [0.1, 0.15) is 5.82 Å². The zero-order valence-corrected chi connectivity index (χ0v) is 19.0. The average Bonchev–Trinajstić information content (AvgIpc) is 2.93. The van der Waals surface area contributed by atoms with Crippen molar-refractivity contribution in [1.82, 2.24) is 4.98 Å². The van der Waals surface area contributed by atoms with Crippen molar-refractivity contribution in [3.8, 4) is 44.5 Å². The fourth-order valence-electron chi connectivity index (χ4n) is 4.44. The highest BCUT2D eigenvalue weighted by Gasteiger charge is 2.05. The van der Waals surface area contributed by atoms with Crippen molar-refractivity contribution < 1.29 is 4.39 Å². The van der Waals surface area contributed by atoms with E-state index in [9.17, 15) is 4.39 Å². The molecule has 0 aliphatic heterocycles. The van der Waals surface area contributed by atoms with Gasteiger partial charge in [-0.3, -0.25) is 4.98 Å². The molecule has 6 rings (SSSR count). The number of rotatable bonds is 4. The molecule has 1 aromatic heterocycles. The SMILES string of the molecule is Fc1ccc(-c2ccc(-c3ccc(-c4ccc(-c5cnc6ccccc6c5)cc4)cc3)cc2)cc1. The molecule has 0 unspecified atom stereocenters. The highest BCUT2D eigenvalue weighted by atomic mass is 19.1. The maximum Gasteiger partial charge on any atom is 0.123 e. The van der Waals surface area contributed by atoms with E-state index in [1.54, 1.807) is 12.1 Å². The van der Waals surface area contributed by atoms with Crippen molar-refractivity contribution >= 4 is 10.9 Å². The highest BCUT2D eigenvalue weighted by molar-refractivity contribution is 5.84. The van der Waals surface area contributed by atoms with Crippen LogP contribution in [0.2, 0.25) is 0 Å². The number of nitrogens with zero attached hydrogens (tertiary/aromatic N) is 1. The summed E-state index contributed by atoms with van der Waals surface area (Å²) in [6.45, 7) is 0. The second-order valence-corrected chi connectivity index (χ2v) is 8.66. The van der Waals surface area contributed by atoms with Crippen LogP contribution in [0.15, 0.2) is 134 Å². The lowest BCUT2D eigenvalue weighted by Crippen LogP contribution is -1.84. The Hall–Kier alpha value is -4.56. The first-order chi connectivity index (χ1) is 17.2. The number of fused-ring (bicyclic) bond motifs is 1. The Labute approximate surface area is 204 Å². The van der Waals surface area contributed by atoms with Crippen LogP contribution in [-0.4, -0.2) is 4.98 Å². The summed E-state index contributed by atoms with van der Waals surface area (Å²) in [6.07, 6.45) is 1.94. The second kappa shape index (κ2) is 9.00. The van der Waals surface area contributed by atoms with E-state index in [4.69, 9.17) is 0 Å². The van der Waals surface area contributed by atoms with Gasteiger partial charge in [-0.15, -0.1) is 0 Å². The molecule has 0 radical (unpaired) electrons. The molecule has 0 bridgehead atoms. The van der Waals surface area contributed by atoms with E-state index in [2.05, 4.69) is 89.9 Å². The lowest BCUT2D eigenvalue weighted by Gasteiger charge is -2.08. The van der Waals surface area contributed by atoms with Gasteiger partial charge < -0.3 is 0 Å². The molecule has 5 aromatic carbocycles. The van der Waals surface area contributed by atoms with Gasteiger partial charge in [-0.05, 0) is 63.2 Å². The van der Waals surface area contributed by atoms with Gasteiger partial charge in [0.15, 0.2) is 0 Å². The van der Waals surface area contributed by atoms with Crippen molar-refractivity contribution in [2.75, 3.05) is 0 Å². The summed E-state index contributed by atoms with van der Waals surface area (Å²) in [4.78, 5) is 4.59. The molecular formula is C33H22FN. The number of pyridine rings is 1. The molecule has 0 spiro atoms. The number of aromatic nitrogens is 1. The van der Waals surface area contributed by atoms with Crippen molar-refractivity contribution in [3.63, 3.8) is 0 Å². The van der Waals surface area contributed by atoms with E-state index in [1.165, 1.54) is 28.8 Å². The van der Waals surface area contributed by atoms with Gasteiger partial charge in [-0.2, -0.15) is 0 Å². The molecular weight excluding hydrogens is 429 g/mol. The van der Waals surface area contributed by atoms with E-state index in [-0.39, 0.29) is 5.82 Å². The van der Waals surface area contributed by atoms with Crippen molar-refractivity contribution in [2.45, 2.75) is 0 Å². The van der Waals surface area contributed by atoms with Gasteiger partial charge in [0.05, 0.1) is 5.52 Å². The van der Waals surface area contributed by atoms with Crippen LogP contribution >= 0.6 is 0 Å². The molecule has 0 fully saturated rings. The fraction of sp³-hybridized carbons (Fsp3) is 0. The van der Waals surface area contributed by atoms with Crippen molar-refractivity contribution in [3.05, 3.63) is 139 Å². The third-order valence-electron chi connectivity index (χ3n) is 6.42. The van der Waals surface area contributed by atoms with E-state index in [1.807, 2.05) is 24.4 Å². The van der Waals surface area contributed by atoms with Crippen molar-refractivity contribution in [2.24, 2.45) is 0 Å². The van der Waals surface area contributed by atoms with Gasteiger partial charge in [0.2, 0.25) is 0 Å². The summed E-state index contributed by atoms with van der Waals surface area (Å²) < 4.78 is 13.2. The fourth-order valence-corrected chi connectivity index (χ4v) is 4.44. The van der Waals surface area contributed by atoms with Gasteiger partial charge in [-0.25, -0.2) is 4.39 Å². The van der Waals surface area contributed by atoms with Gasteiger partial charge in [-0.1, -0.05) is 103 Å². The Morgan fingerprint density at radius 2 is 0.771 bits per heavy atom. The van der Waals surface area contributed by atoms with Gasteiger partial charge in [0, 0.05) is 17.1 Å². The molecule has 0 aliphatic carbocycles. The van der Waals surface area contributed by atoms with E-state index >= 15 is 0 Å².